The molecule has 1 N–H and O–H groups in total. The average molecular weight is 297 g/mol. The Labute approximate surface area is 128 Å². The summed E-state index contributed by atoms with van der Waals surface area (Å²) in [6.07, 6.45) is 5.47. The van der Waals surface area contributed by atoms with E-state index in [0.29, 0.717) is 6.42 Å². The van der Waals surface area contributed by atoms with Crippen LogP contribution in [-0.2, 0) is 11.2 Å². The summed E-state index contributed by atoms with van der Waals surface area (Å²) in [7, 11) is 0. The molecule has 0 aromatic heterocycles. The van der Waals surface area contributed by atoms with Gasteiger partial charge in [-0.1, -0.05) is 30.3 Å². The molecule has 1 aliphatic rings. The standard InChI is InChI=1S/C16H24N2O.ClH/c19-16(14-15-8-2-1-3-9-15)17-10-4-5-11-18-12-6-7-13-18;/h1-3,8-9H,4-7,10-14H2,(H,17,19);1H. The Morgan fingerprint density at radius 1 is 1.10 bits per heavy atom. The zero-order valence-corrected chi connectivity index (χ0v) is 12.8. The molecule has 0 atom stereocenters. The third-order valence-corrected chi connectivity index (χ3v) is 3.63. The van der Waals surface area contributed by atoms with E-state index >= 15 is 0 Å². The van der Waals surface area contributed by atoms with E-state index in [1.165, 1.54) is 38.9 Å². The Bertz CT molecular complexity index is 377. The second kappa shape index (κ2) is 9.78. The molecule has 3 nitrogen and oxygen atoms in total. The summed E-state index contributed by atoms with van der Waals surface area (Å²) in [5.74, 6) is 0.132. The van der Waals surface area contributed by atoms with Gasteiger partial charge in [-0.2, -0.15) is 0 Å². The molecule has 0 spiro atoms. The van der Waals surface area contributed by atoms with Crippen LogP contribution in [0, 0.1) is 0 Å². The highest BCUT2D eigenvalue weighted by molar-refractivity contribution is 5.85. The van der Waals surface area contributed by atoms with Crippen molar-refractivity contribution in [2.75, 3.05) is 26.2 Å². The van der Waals surface area contributed by atoms with Gasteiger partial charge in [0.25, 0.3) is 0 Å². The predicted molar refractivity (Wildman–Crippen MR) is 85.3 cm³/mol. The normalized spacial score (nSPS) is 14.8. The maximum absolute atomic E-state index is 11.7. The van der Waals surface area contributed by atoms with Crippen molar-refractivity contribution in [2.45, 2.75) is 32.1 Å². The summed E-state index contributed by atoms with van der Waals surface area (Å²) < 4.78 is 0. The van der Waals surface area contributed by atoms with Gasteiger partial charge < -0.3 is 10.2 Å². The molecule has 1 fully saturated rings. The molecule has 1 aromatic carbocycles. The summed E-state index contributed by atoms with van der Waals surface area (Å²) in [5, 5.41) is 3.00. The lowest BCUT2D eigenvalue weighted by atomic mass is 10.1. The number of unbranched alkanes of at least 4 members (excludes halogenated alkanes) is 1. The number of carbonyl (C=O) groups excluding carboxylic acids is 1. The van der Waals surface area contributed by atoms with Gasteiger partial charge in [-0.15, -0.1) is 12.4 Å². The van der Waals surface area contributed by atoms with Crippen molar-refractivity contribution >= 4 is 18.3 Å². The highest BCUT2D eigenvalue weighted by Crippen LogP contribution is 2.07. The van der Waals surface area contributed by atoms with Crippen LogP contribution in [0.15, 0.2) is 30.3 Å². The Morgan fingerprint density at radius 2 is 1.80 bits per heavy atom. The minimum absolute atomic E-state index is 0. The second-order valence-electron chi connectivity index (χ2n) is 5.27. The van der Waals surface area contributed by atoms with E-state index in [2.05, 4.69) is 10.2 Å². The van der Waals surface area contributed by atoms with E-state index in [4.69, 9.17) is 0 Å². The largest absolute Gasteiger partial charge is 0.356 e. The summed E-state index contributed by atoms with van der Waals surface area (Å²) in [4.78, 5) is 14.2. The fourth-order valence-electron chi connectivity index (χ4n) is 2.54. The van der Waals surface area contributed by atoms with Crippen LogP contribution in [0.5, 0.6) is 0 Å². The van der Waals surface area contributed by atoms with Crippen LogP contribution in [0.4, 0.5) is 0 Å². The Morgan fingerprint density at radius 3 is 2.50 bits per heavy atom. The maximum Gasteiger partial charge on any atom is 0.224 e. The van der Waals surface area contributed by atoms with Gasteiger partial charge in [0, 0.05) is 6.54 Å². The van der Waals surface area contributed by atoms with Crippen molar-refractivity contribution in [1.82, 2.24) is 10.2 Å². The first-order valence-electron chi connectivity index (χ1n) is 7.37. The summed E-state index contributed by atoms with van der Waals surface area (Å²) in [6.45, 7) is 4.52. The maximum atomic E-state index is 11.7. The molecule has 2 rings (SSSR count). The highest BCUT2D eigenvalue weighted by Gasteiger charge is 2.10. The molecule has 0 saturated carbocycles. The van der Waals surface area contributed by atoms with E-state index in [-0.39, 0.29) is 18.3 Å². The Hall–Kier alpha value is -1.06. The summed E-state index contributed by atoms with van der Waals surface area (Å²) >= 11 is 0. The van der Waals surface area contributed by atoms with Gasteiger partial charge in [-0.05, 0) is 50.9 Å². The van der Waals surface area contributed by atoms with Crippen LogP contribution in [-0.4, -0.2) is 37.0 Å². The molecule has 0 aliphatic carbocycles. The van der Waals surface area contributed by atoms with Gasteiger partial charge in [0.15, 0.2) is 0 Å². The number of carbonyl (C=O) groups is 1. The predicted octanol–water partition coefficient (Wildman–Crippen LogP) is 2.64. The van der Waals surface area contributed by atoms with Gasteiger partial charge in [-0.25, -0.2) is 0 Å². The Kier molecular flexibility index (Phi) is 8.31. The molecule has 1 aliphatic heterocycles. The first-order valence-corrected chi connectivity index (χ1v) is 7.37. The minimum Gasteiger partial charge on any atom is -0.356 e. The van der Waals surface area contributed by atoms with Gasteiger partial charge in [0.2, 0.25) is 5.91 Å². The first-order chi connectivity index (χ1) is 9.34. The van der Waals surface area contributed by atoms with Crippen LogP contribution in [0.1, 0.15) is 31.2 Å². The summed E-state index contributed by atoms with van der Waals surface area (Å²) in [6, 6.07) is 9.90. The molecule has 0 unspecified atom stereocenters. The number of likely N-dealkylation sites (tertiary alicyclic amines) is 1. The molecule has 4 heteroatoms. The lowest BCUT2D eigenvalue weighted by Gasteiger charge is -2.14. The lowest BCUT2D eigenvalue weighted by molar-refractivity contribution is -0.120. The van der Waals surface area contributed by atoms with Crippen LogP contribution >= 0.6 is 12.4 Å². The molecule has 0 radical (unpaired) electrons. The SMILES string of the molecule is Cl.O=C(Cc1ccccc1)NCCCCN1CCCC1. The molecule has 1 saturated heterocycles. The van der Waals surface area contributed by atoms with Crippen molar-refractivity contribution in [2.24, 2.45) is 0 Å². The smallest absolute Gasteiger partial charge is 0.224 e. The number of hydrogen-bond donors (Lipinski definition) is 1. The third kappa shape index (κ3) is 6.40. The molecular formula is C16H25ClN2O. The number of hydrogen-bond acceptors (Lipinski definition) is 2. The Balaban J connectivity index is 0.00000200. The van der Waals surface area contributed by atoms with Crippen molar-refractivity contribution in [1.29, 1.82) is 0 Å². The third-order valence-electron chi connectivity index (χ3n) is 3.63. The van der Waals surface area contributed by atoms with Gasteiger partial charge in [0.05, 0.1) is 6.42 Å². The molecule has 20 heavy (non-hydrogen) atoms. The number of rotatable bonds is 7. The zero-order valence-electron chi connectivity index (χ0n) is 12.0. The molecule has 0 bridgehead atoms. The number of amides is 1. The highest BCUT2D eigenvalue weighted by atomic mass is 35.5. The van der Waals surface area contributed by atoms with E-state index in [1.807, 2.05) is 30.3 Å². The number of nitrogens with one attached hydrogen (secondary N) is 1. The first kappa shape index (κ1) is 17.0. The topological polar surface area (TPSA) is 32.3 Å². The van der Waals surface area contributed by atoms with Crippen LogP contribution in [0.3, 0.4) is 0 Å². The van der Waals surface area contributed by atoms with E-state index in [1.54, 1.807) is 0 Å². The van der Waals surface area contributed by atoms with Crippen LogP contribution in [0.2, 0.25) is 0 Å². The van der Waals surface area contributed by atoms with Crippen molar-refractivity contribution in [3.8, 4) is 0 Å². The molecule has 1 amide bonds. The number of benzene rings is 1. The van der Waals surface area contributed by atoms with Crippen molar-refractivity contribution in [3.05, 3.63) is 35.9 Å². The van der Waals surface area contributed by atoms with E-state index in [0.717, 1.165) is 18.5 Å². The van der Waals surface area contributed by atoms with Crippen LogP contribution < -0.4 is 5.32 Å². The second-order valence-corrected chi connectivity index (χ2v) is 5.27. The van der Waals surface area contributed by atoms with Gasteiger partial charge in [-0.3, -0.25) is 4.79 Å². The quantitative estimate of drug-likeness (QED) is 0.785. The monoisotopic (exact) mass is 296 g/mol. The molecule has 1 heterocycles. The number of nitrogens with zero attached hydrogens (tertiary/aromatic N) is 1. The van der Waals surface area contributed by atoms with Gasteiger partial charge >= 0.3 is 0 Å². The fourth-order valence-corrected chi connectivity index (χ4v) is 2.54. The van der Waals surface area contributed by atoms with Gasteiger partial charge in [0.1, 0.15) is 0 Å². The van der Waals surface area contributed by atoms with Crippen LogP contribution in [0.25, 0.3) is 0 Å². The zero-order chi connectivity index (χ0) is 13.3. The summed E-state index contributed by atoms with van der Waals surface area (Å²) in [5.41, 5.74) is 1.08. The molecular weight excluding hydrogens is 272 g/mol. The number of halogens is 1. The minimum atomic E-state index is 0. The molecule has 1 aromatic rings. The lowest BCUT2D eigenvalue weighted by Crippen LogP contribution is -2.27. The van der Waals surface area contributed by atoms with Crippen molar-refractivity contribution in [3.63, 3.8) is 0 Å². The molecule has 112 valence electrons. The van der Waals surface area contributed by atoms with Crippen molar-refractivity contribution < 1.29 is 4.79 Å². The van der Waals surface area contributed by atoms with E-state index < -0.39 is 0 Å². The van der Waals surface area contributed by atoms with E-state index in [9.17, 15) is 4.79 Å². The fraction of sp³-hybridized carbons (Fsp3) is 0.562. The average Bonchev–Trinajstić information content (AvgIpc) is 2.92.